The van der Waals surface area contributed by atoms with E-state index >= 15 is 0 Å². The number of aryl methyl sites for hydroxylation is 2. The van der Waals surface area contributed by atoms with Crippen LogP contribution in [-0.2, 0) is 0 Å². The summed E-state index contributed by atoms with van der Waals surface area (Å²) in [7, 11) is 0. The summed E-state index contributed by atoms with van der Waals surface area (Å²) in [5, 5.41) is 15.1. The average molecular weight is 300 g/mol. The molecule has 21 heavy (non-hydrogen) atoms. The highest BCUT2D eigenvalue weighted by atomic mass is 32.1. The van der Waals surface area contributed by atoms with E-state index in [0.717, 1.165) is 22.9 Å². The second kappa shape index (κ2) is 5.61. The zero-order valence-corrected chi connectivity index (χ0v) is 12.9. The summed E-state index contributed by atoms with van der Waals surface area (Å²) in [6.07, 6.45) is 0. The van der Waals surface area contributed by atoms with E-state index in [4.69, 9.17) is 0 Å². The Morgan fingerprint density at radius 3 is 2.81 bits per heavy atom. The van der Waals surface area contributed by atoms with E-state index in [1.807, 2.05) is 43.6 Å². The van der Waals surface area contributed by atoms with Crippen molar-refractivity contribution in [1.29, 1.82) is 0 Å². The fraction of sp³-hybridized carbons (Fsp3) is 0.286. The van der Waals surface area contributed by atoms with Gasteiger partial charge in [-0.2, -0.15) is 4.68 Å². The smallest absolute Gasteiger partial charge is 0.153 e. The van der Waals surface area contributed by atoms with Crippen LogP contribution in [0.1, 0.15) is 29.4 Å². The van der Waals surface area contributed by atoms with Crippen LogP contribution in [-0.4, -0.2) is 25.2 Å². The number of hydrogen-bond donors (Lipinski definition) is 1. The molecule has 7 heteroatoms. The number of anilines is 1. The van der Waals surface area contributed by atoms with Crippen molar-refractivity contribution in [2.24, 2.45) is 0 Å². The van der Waals surface area contributed by atoms with Crippen molar-refractivity contribution in [3.05, 3.63) is 46.2 Å². The predicted octanol–water partition coefficient (Wildman–Crippen LogP) is 2.91. The van der Waals surface area contributed by atoms with Crippen LogP contribution in [0.5, 0.6) is 0 Å². The monoisotopic (exact) mass is 300 g/mol. The minimum Gasteiger partial charge on any atom is -0.378 e. The van der Waals surface area contributed by atoms with Crippen LogP contribution in [0.2, 0.25) is 0 Å². The van der Waals surface area contributed by atoms with Crippen LogP contribution in [0.4, 0.5) is 5.69 Å². The summed E-state index contributed by atoms with van der Waals surface area (Å²) in [6.45, 7) is 6.05. The summed E-state index contributed by atoms with van der Waals surface area (Å²) in [5.41, 5.74) is 4.93. The van der Waals surface area contributed by atoms with Crippen LogP contribution >= 0.6 is 11.3 Å². The highest BCUT2D eigenvalue weighted by Gasteiger charge is 2.11. The fourth-order valence-electron chi connectivity index (χ4n) is 2.24. The number of nitrogens with one attached hydrogen (secondary N) is 1. The molecular weight excluding hydrogens is 284 g/mol. The molecule has 1 aromatic carbocycles. The lowest BCUT2D eigenvalue weighted by molar-refractivity contribution is 0.779. The van der Waals surface area contributed by atoms with E-state index in [-0.39, 0.29) is 6.04 Å². The molecule has 0 spiro atoms. The molecule has 3 aromatic rings. The van der Waals surface area contributed by atoms with Gasteiger partial charge in [0, 0.05) is 10.6 Å². The number of benzene rings is 1. The highest BCUT2D eigenvalue weighted by Crippen LogP contribution is 2.26. The van der Waals surface area contributed by atoms with Crippen molar-refractivity contribution in [3.8, 4) is 5.69 Å². The minimum atomic E-state index is 0.211. The van der Waals surface area contributed by atoms with Gasteiger partial charge in [-0.15, -0.1) is 16.4 Å². The SMILES string of the molecule is Cc1ncsc1C(C)Nc1cccc(-n2nnnc2C)c1. The van der Waals surface area contributed by atoms with E-state index in [0.29, 0.717) is 0 Å². The van der Waals surface area contributed by atoms with Gasteiger partial charge in [0.05, 0.1) is 22.9 Å². The molecule has 0 aliphatic rings. The Morgan fingerprint density at radius 1 is 1.29 bits per heavy atom. The molecule has 1 N–H and O–H groups in total. The Morgan fingerprint density at radius 2 is 2.14 bits per heavy atom. The molecule has 0 aliphatic heterocycles. The summed E-state index contributed by atoms with van der Waals surface area (Å²) in [6, 6.07) is 8.26. The standard InChI is InChI=1S/C14H16N6S/c1-9-14(21-8-15-9)10(2)16-12-5-4-6-13(7-12)20-11(3)17-18-19-20/h4-8,10,16H,1-3H3. The molecule has 3 rings (SSSR count). The van der Waals surface area contributed by atoms with Crippen LogP contribution in [0.3, 0.4) is 0 Å². The normalized spacial score (nSPS) is 12.3. The summed E-state index contributed by atoms with van der Waals surface area (Å²) in [4.78, 5) is 5.55. The lowest BCUT2D eigenvalue weighted by atomic mass is 10.2. The first-order valence-corrected chi connectivity index (χ1v) is 7.55. The van der Waals surface area contributed by atoms with Gasteiger partial charge in [0.25, 0.3) is 0 Å². The van der Waals surface area contributed by atoms with Crippen molar-refractivity contribution in [3.63, 3.8) is 0 Å². The largest absolute Gasteiger partial charge is 0.378 e. The molecule has 1 atom stereocenters. The second-order valence-electron chi connectivity index (χ2n) is 4.86. The third-order valence-electron chi connectivity index (χ3n) is 3.28. The molecule has 6 nitrogen and oxygen atoms in total. The van der Waals surface area contributed by atoms with Gasteiger partial charge in [-0.25, -0.2) is 4.98 Å². The second-order valence-corrected chi connectivity index (χ2v) is 5.74. The Kier molecular flexibility index (Phi) is 3.66. The highest BCUT2D eigenvalue weighted by molar-refractivity contribution is 7.09. The zero-order chi connectivity index (χ0) is 14.8. The molecular formula is C14H16N6S. The van der Waals surface area contributed by atoms with Gasteiger partial charge in [-0.1, -0.05) is 6.07 Å². The molecule has 0 saturated heterocycles. The van der Waals surface area contributed by atoms with Gasteiger partial charge in [0.1, 0.15) is 0 Å². The van der Waals surface area contributed by atoms with Crippen LogP contribution in [0.15, 0.2) is 29.8 Å². The molecule has 2 aromatic heterocycles. The Bertz CT molecular complexity index is 747. The van der Waals surface area contributed by atoms with E-state index in [1.165, 1.54) is 4.88 Å². The van der Waals surface area contributed by atoms with Crippen molar-refractivity contribution in [2.75, 3.05) is 5.32 Å². The third-order valence-corrected chi connectivity index (χ3v) is 4.39. The Balaban J connectivity index is 1.84. The maximum Gasteiger partial charge on any atom is 0.153 e. The first-order valence-electron chi connectivity index (χ1n) is 6.67. The quantitative estimate of drug-likeness (QED) is 0.802. The molecule has 0 amide bonds. The van der Waals surface area contributed by atoms with Crippen molar-refractivity contribution < 1.29 is 0 Å². The maximum absolute atomic E-state index is 4.30. The van der Waals surface area contributed by atoms with E-state index in [2.05, 4.69) is 32.7 Å². The molecule has 1 unspecified atom stereocenters. The summed E-state index contributed by atoms with van der Waals surface area (Å²) in [5.74, 6) is 0.762. The first-order chi connectivity index (χ1) is 10.1. The number of thiazole rings is 1. The van der Waals surface area contributed by atoms with E-state index < -0.39 is 0 Å². The van der Waals surface area contributed by atoms with Gasteiger partial charge in [0.2, 0.25) is 0 Å². The summed E-state index contributed by atoms with van der Waals surface area (Å²) < 4.78 is 1.72. The molecule has 0 bridgehead atoms. The number of aromatic nitrogens is 5. The summed E-state index contributed by atoms with van der Waals surface area (Å²) >= 11 is 1.67. The van der Waals surface area contributed by atoms with Gasteiger partial charge < -0.3 is 5.32 Å². The van der Waals surface area contributed by atoms with Crippen LogP contribution in [0.25, 0.3) is 5.69 Å². The molecule has 2 heterocycles. The van der Waals surface area contributed by atoms with Gasteiger partial charge in [-0.05, 0) is 49.4 Å². The first kappa shape index (κ1) is 13.7. The molecule has 108 valence electrons. The van der Waals surface area contributed by atoms with E-state index in [1.54, 1.807) is 16.0 Å². The maximum atomic E-state index is 4.30. The van der Waals surface area contributed by atoms with Gasteiger partial charge in [-0.3, -0.25) is 0 Å². The van der Waals surface area contributed by atoms with Crippen molar-refractivity contribution in [2.45, 2.75) is 26.8 Å². The molecule has 0 aliphatic carbocycles. The van der Waals surface area contributed by atoms with Crippen LogP contribution < -0.4 is 5.32 Å². The van der Waals surface area contributed by atoms with Crippen molar-refractivity contribution in [1.82, 2.24) is 25.2 Å². The topological polar surface area (TPSA) is 68.5 Å². The zero-order valence-electron chi connectivity index (χ0n) is 12.1. The van der Waals surface area contributed by atoms with Gasteiger partial charge >= 0.3 is 0 Å². The third kappa shape index (κ3) is 2.78. The fourth-order valence-corrected chi connectivity index (χ4v) is 3.05. The van der Waals surface area contributed by atoms with Crippen molar-refractivity contribution >= 4 is 17.0 Å². The number of hydrogen-bond acceptors (Lipinski definition) is 6. The number of rotatable bonds is 4. The predicted molar refractivity (Wildman–Crippen MR) is 82.8 cm³/mol. The molecule has 0 saturated carbocycles. The lowest BCUT2D eigenvalue weighted by Gasteiger charge is -2.15. The van der Waals surface area contributed by atoms with Gasteiger partial charge in [0.15, 0.2) is 5.82 Å². The molecule has 0 radical (unpaired) electrons. The van der Waals surface area contributed by atoms with E-state index in [9.17, 15) is 0 Å². The Labute approximate surface area is 126 Å². The number of nitrogens with zero attached hydrogens (tertiary/aromatic N) is 5. The van der Waals surface area contributed by atoms with Crippen LogP contribution in [0, 0.1) is 13.8 Å². The average Bonchev–Trinajstić information content (AvgIpc) is 3.07. The Hall–Kier alpha value is -2.28. The lowest BCUT2D eigenvalue weighted by Crippen LogP contribution is -2.07. The molecule has 0 fully saturated rings. The number of tetrazole rings is 1. The minimum absolute atomic E-state index is 0.211.